The molecule has 0 aromatic heterocycles. The van der Waals surface area contributed by atoms with Gasteiger partial charge in [-0.05, 0) is 37.6 Å². The summed E-state index contributed by atoms with van der Waals surface area (Å²) < 4.78 is 40.1. The van der Waals surface area contributed by atoms with E-state index in [0.717, 1.165) is 6.07 Å². The quantitative estimate of drug-likeness (QED) is 0.510. The van der Waals surface area contributed by atoms with E-state index in [-0.39, 0.29) is 11.3 Å². The molecule has 0 radical (unpaired) electrons. The molecule has 2 N–H and O–H groups in total. The van der Waals surface area contributed by atoms with Gasteiger partial charge in [-0.2, -0.15) is 5.26 Å². The molecular weight excluding hydrogens is 289 g/mol. The lowest BCUT2D eigenvalue weighted by Crippen LogP contribution is -2.18. The van der Waals surface area contributed by atoms with Crippen molar-refractivity contribution >= 4 is 11.6 Å². The summed E-state index contributed by atoms with van der Waals surface area (Å²) in [6, 6.07) is 5.00. The Morgan fingerprint density at radius 2 is 2.05 bits per heavy atom. The van der Waals surface area contributed by atoms with E-state index in [1.165, 1.54) is 32.0 Å². The molecule has 0 bridgehead atoms. The van der Waals surface area contributed by atoms with Gasteiger partial charge in [0.05, 0.1) is 0 Å². The van der Waals surface area contributed by atoms with Crippen molar-refractivity contribution in [1.82, 2.24) is 0 Å². The van der Waals surface area contributed by atoms with E-state index in [2.05, 4.69) is 10.1 Å². The minimum Gasteiger partial charge on any atom is -0.511 e. The molecule has 1 rings (SSSR count). The third kappa shape index (κ3) is 4.72. The van der Waals surface area contributed by atoms with Gasteiger partial charge < -0.3 is 15.2 Å². The monoisotopic (exact) mass is 300 g/mol. The van der Waals surface area contributed by atoms with Crippen molar-refractivity contribution in [2.45, 2.75) is 20.2 Å². The van der Waals surface area contributed by atoms with Crippen molar-refractivity contribution in [2.24, 2.45) is 0 Å². The minimum absolute atomic E-state index is 0.147. The highest BCUT2D eigenvalue weighted by atomic mass is 19.4. The minimum atomic E-state index is -4.81. The number of ether oxygens (including phenoxy) is 1. The van der Waals surface area contributed by atoms with E-state index >= 15 is 0 Å². The summed E-state index contributed by atoms with van der Waals surface area (Å²) in [5, 5.41) is 20.1. The number of allylic oxidation sites excluding steroid dienone is 1. The molecule has 0 spiro atoms. The zero-order chi connectivity index (χ0) is 16.2. The van der Waals surface area contributed by atoms with Crippen LogP contribution in [0, 0.1) is 18.3 Å². The van der Waals surface area contributed by atoms with Crippen LogP contribution in [0.25, 0.3) is 0 Å². The molecule has 1 aromatic rings. The van der Waals surface area contributed by atoms with E-state index < -0.39 is 29.4 Å². The first kappa shape index (κ1) is 16.4. The van der Waals surface area contributed by atoms with Gasteiger partial charge in [0, 0.05) is 5.69 Å². The number of aliphatic hydroxyl groups is 1. The van der Waals surface area contributed by atoms with E-state index in [1.807, 2.05) is 0 Å². The number of hydrogen-bond donors (Lipinski definition) is 2. The fraction of sp³-hybridized carbons (Fsp3) is 0.231. The predicted octanol–water partition coefficient (Wildman–Crippen LogP) is 3.19. The first-order valence-electron chi connectivity index (χ1n) is 5.61. The first-order valence-corrected chi connectivity index (χ1v) is 5.61. The van der Waals surface area contributed by atoms with Crippen molar-refractivity contribution in [3.05, 3.63) is 35.1 Å². The fourth-order valence-corrected chi connectivity index (χ4v) is 1.46. The van der Waals surface area contributed by atoms with Crippen molar-refractivity contribution in [1.29, 1.82) is 5.26 Å². The average molecular weight is 300 g/mol. The highest BCUT2D eigenvalue weighted by Crippen LogP contribution is 2.28. The fourth-order valence-electron chi connectivity index (χ4n) is 1.46. The second-order valence-corrected chi connectivity index (χ2v) is 4.05. The summed E-state index contributed by atoms with van der Waals surface area (Å²) in [6.07, 6.45) is -4.81. The second kappa shape index (κ2) is 6.17. The molecule has 0 heterocycles. The Morgan fingerprint density at radius 3 is 2.48 bits per heavy atom. The van der Waals surface area contributed by atoms with Gasteiger partial charge in [-0.25, -0.2) is 0 Å². The molecule has 1 aromatic carbocycles. The maximum atomic E-state index is 12.1. The Labute approximate surface area is 118 Å². The number of halogens is 3. The van der Waals surface area contributed by atoms with Crippen molar-refractivity contribution < 1.29 is 27.8 Å². The summed E-state index contributed by atoms with van der Waals surface area (Å²) in [4.78, 5) is 11.6. The second-order valence-electron chi connectivity index (χ2n) is 4.05. The third-order valence-electron chi connectivity index (χ3n) is 2.36. The molecule has 0 unspecified atom stereocenters. The van der Waals surface area contributed by atoms with E-state index in [1.54, 1.807) is 0 Å². The molecule has 0 atom stereocenters. The van der Waals surface area contributed by atoms with Crippen LogP contribution in [0.2, 0.25) is 0 Å². The molecule has 0 aliphatic carbocycles. The van der Waals surface area contributed by atoms with Crippen LogP contribution in [-0.2, 0) is 4.79 Å². The number of amides is 1. The molecule has 8 heteroatoms. The number of benzene rings is 1. The van der Waals surface area contributed by atoms with Gasteiger partial charge in [0.15, 0.2) is 5.57 Å². The topological polar surface area (TPSA) is 82.3 Å². The molecule has 1 amide bonds. The number of aryl methyl sites for hydroxylation is 1. The molecule has 5 nitrogen and oxygen atoms in total. The molecule has 0 saturated carbocycles. The molecule has 0 aliphatic heterocycles. The van der Waals surface area contributed by atoms with E-state index in [0.29, 0.717) is 0 Å². The van der Waals surface area contributed by atoms with E-state index in [4.69, 9.17) is 10.4 Å². The van der Waals surface area contributed by atoms with Gasteiger partial charge in [-0.1, -0.05) is 0 Å². The SMILES string of the molecule is C/C(O)=C(\C#N)C(=O)Nc1ccc(OC(F)(F)F)c(C)c1. The Bertz CT molecular complexity index is 627. The van der Waals surface area contributed by atoms with Gasteiger partial charge in [-0.3, -0.25) is 4.79 Å². The Balaban J connectivity index is 2.94. The average Bonchev–Trinajstić information content (AvgIpc) is 2.31. The van der Waals surface area contributed by atoms with Crippen LogP contribution < -0.4 is 10.1 Å². The number of carbonyl (C=O) groups excluding carboxylic acids is 1. The van der Waals surface area contributed by atoms with Crippen LogP contribution in [0.4, 0.5) is 18.9 Å². The molecule has 112 valence electrons. The highest BCUT2D eigenvalue weighted by molar-refractivity contribution is 6.06. The van der Waals surface area contributed by atoms with Crippen LogP contribution in [0.3, 0.4) is 0 Å². The van der Waals surface area contributed by atoms with Gasteiger partial charge in [-0.15, -0.1) is 13.2 Å². The number of nitriles is 1. The van der Waals surface area contributed by atoms with Crippen molar-refractivity contribution in [3.8, 4) is 11.8 Å². The zero-order valence-electron chi connectivity index (χ0n) is 11.1. The molecule has 0 aliphatic rings. The van der Waals surface area contributed by atoms with Gasteiger partial charge in [0.2, 0.25) is 0 Å². The lowest BCUT2D eigenvalue weighted by atomic mass is 10.2. The van der Waals surface area contributed by atoms with Crippen LogP contribution in [0.1, 0.15) is 12.5 Å². The van der Waals surface area contributed by atoms with Crippen LogP contribution in [0.15, 0.2) is 29.5 Å². The zero-order valence-corrected chi connectivity index (χ0v) is 11.1. The van der Waals surface area contributed by atoms with Crippen molar-refractivity contribution in [2.75, 3.05) is 5.32 Å². The number of aliphatic hydroxyl groups excluding tert-OH is 1. The number of carbonyl (C=O) groups is 1. The van der Waals surface area contributed by atoms with Gasteiger partial charge in [0.1, 0.15) is 17.6 Å². The lowest BCUT2D eigenvalue weighted by Gasteiger charge is -2.12. The normalized spacial score (nSPS) is 12.2. The number of nitrogens with one attached hydrogen (secondary N) is 1. The summed E-state index contributed by atoms with van der Waals surface area (Å²) in [7, 11) is 0. The van der Waals surface area contributed by atoms with Crippen LogP contribution in [0.5, 0.6) is 5.75 Å². The third-order valence-corrected chi connectivity index (χ3v) is 2.36. The molecule has 21 heavy (non-hydrogen) atoms. The number of rotatable bonds is 3. The smallest absolute Gasteiger partial charge is 0.511 e. The van der Waals surface area contributed by atoms with Gasteiger partial charge >= 0.3 is 6.36 Å². The summed E-state index contributed by atoms with van der Waals surface area (Å²) in [5.74, 6) is -1.71. The molecule has 0 saturated heterocycles. The van der Waals surface area contributed by atoms with Crippen LogP contribution in [-0.4, -0.2) is 17.4 Å². The van der Waals surface area contributed by atoms with E-state index in [9.17, 15) is 18.0 Å². The van der Waals surface area contributed by atoms with Crippen LogP contribution >= 0.6 is 0 Å². The summed E-state index contributed by atoms with van der Waals surface area (Å²) in [5.41, 5.74) is -0.169. The first-order chi connectivity index (χ1) is 9.64. The highest BCUT2D eigenvalue weighted by Gasteiger charge is 2.31. The molecule has 0 fully saturated rings. The number of alkyl halides is 3. The molecular formula is C13H11F3N2O3. The summed E-state index contributed by atoms with van der Waals surface area (Å²) >= 11 is 0. The number of anilines is 1. The standard InChI is InChI=1S/C13H11F3N2O3/c1-7-5-9(3-4-11(7)21-13(14,15)16)18-12(20)10(6-17)8(2)19/h3-5,19H,1-2H3,(H,18,20)/b10-8-. The maximum absolute atomic E-state index is 12.1. The largest absolute Gasteiger partial charge is 0.573 e. The maximum Gasteiger partial charge on any atom is 0.573 e. The van der Waals surface area contributed by atoms with Crippen molar-refractivity contribution in [3.63, 3.8) is 0 Å². The van der Waals surface area contributed by atoms with Gasteiger partial charge in [0.25, 0.3) is 5.91 Å². The Hall–Kier alpha value is -2.69. The Kier molecular flexibility index (Phi) is 4.81. The predicted molar refractivity (Wildman–Crippen MR) is 67.4 cm³/mol. The lowest BCUT2D eigenvalue weighted by molar-refractivity contribution is -0.274. The summed E-state index contributed by atoms with van der Waals surface area (Å²) in [6.45, 7) is 2.54. The number of nitrogens with zero attached hydrogens (tertiary/aromatic N) is 1. The Morgan fingerprint density at radius 1 is 1.43 bits per heavy atom. The number of hydrogen-bond acceptors (Lipinski definition) is 4.